The van der Waals surface area contributed by atoms with E-state index in [1.54, 1.807) is 6.54 Å². The first kappa shape index (κ1) is 10.9. The van der Waals surface area contributed by atoms with Crippen LogP contribution in [0.5, 0.6) is 0 Å². The van der Waals surface area contributed by atoms with E-state index in [-0.39, 0.29) is 0 Å². The molecule has 17 heavy (non-hydrogen) atoms. The number of fused-ring (bicyclic) bond motifs is 1. The Balaban J connectivity index is 2.14. The van der Waals surface area contributed by atoms with Gasteiger partial charge in [0.25, 0.3) is 0 Å². The molecular weight excluding hydrogens is 401 g/mol. The third-order valence-electron chi connectivity index (χ3n) is 2.85. The van der Waals surface area contributed by atoms with Crippen LogP contribution < -0.4 is 6.54 Å². The molecule has 1 aliphatic heterocycles. The van der Waals surface area contributed by atoms with Crippen molar-refractivity contribution in [3.05, 3.63) is 76.1 Å². The summed E-state index contributed by atoms with van der Waals surface area (Å²) in [4.78, 5) is 0. The van der Waals surface area contributed by atoms with Crippen molar-refractivity contribution in [1.29, 1.82) is 0 Å². The number of benzene rings is 2. The van der Waals surface area contributed by atoms with Crippen molar-refractivity contribution in [2.24, 2.45) is 0 Å². The van der Waals surface area contributed by atoms with Gasteiger partial charge in [0.05, 0.1) is 0 Å². The second-order valence-corrected chi connectivity index (χ2v) is 11.9. The fourth-order valence-corrected chi connectivity index (χ4v) is 10.0. The molecule has 0 fully saturated rings. The molecule has 3 rings (SSSR count). The number of allylic oxidation sites excluding steroid dienone is 2. The summed E-state index contributed by atoms with van der Waals surface area (Å²) in [5.74, 6) is 0. The van der Waals surface area contributed by atoms with Crippen LogP contribution in [0.3, 0.4) is 0 Å². The van der Waals surface area contributed by atoms with E-state index in [4.69, 9.17) is 0 Å². The van der Waals surface area contributed by atoms with Gasteiger partial charge in [-0.2, -0.15) is 0 Å². The van der Waals surface area contributed by atoms with Gasteiger partial charge < -0.3 is 0 Å². The van der Waals surface area contributed by atoms with Gasteiger partial charge in [-0.25, -0.2) is 0 Å². The summed E-state index contributed by atoms with van der Waals surface area (Å²) in [6, 6.07) is 19.8. The first-order valence-corrected chi connectivity index (χ1v) is 11.2. The quantitative estimate of drug-likeness (QED) is 0.629. The SMILES string of the molecule is C1=Cc2cccc[c]2[Bi]([c]2ccccc2)[CH]=C1. The van der Waals surface area contributed by atoms with Gasteiger partial charge >= 0.3 is 110 Å². The molecule has 2 aromatic rings. The summed E-state index contributed by atoms with van der Waals surface area (Å²) in [5.41, 5.74) is 1.40. The molecule has 0 unspecified atom stereocenters. The van der Waals surface area contributed by atoms with Crippen LogP contribution in [-0.2, 0) is 0 Å². The maximum atomic E-state index is 2.47. The van der Waals surface area contributed by atoms with E-state index in [2.05, 4.69) is 76.6 Å². The van der Waals surface area contributed by atoms with Gasteiger partial charge in [-0.15, -0.1) is 0 Å². The topological polar surface area (TPSA) is 0 Å². The van der Waals surface area contributed by atoms with Gasteiger partial charge in [0.2, 0.25) is 0 Å². The predicted molar refractivity (Wildman–Crippen MR) is 76.1 cm³/mol. The van der Waals surface area contributed by atoms with Crippen LogP contribution in [0.15, 0.2) is 70.5 Å². The van der Waals surface area contributed by atoms with Crippen LogP contribution in [0, 0.1) is 0 Å². The van der Waals surface area contributed by atoms with E-state index >= 15 is 0 Å². The number of hydrogen-bond donors (Lipinski definition) is 0. The van der Waals surface area contributed by atoms with Crippen LogP contribution in [0.4, 0.5) is 0 Å². The van der Waals surface area contributed by atoms with E-state index in [1.165, 1.54) is 5.56 Å². The van der Waals surface area contributed by atoms with Crippen molar-refractivity contribution >= 4 is 34.4 Å². The molecule has 0 nitrogen and oxygen atoms in total. The minimum absolute atomic E-state index is 1.40. The van der Waals surface area contributed by atoms with Crippen LogP contribution in [0.2, 0.25) is 0 Å². The fraction of sp³-hybridized carbons (Fsp3) is 0. The van der Waals surface area contributed by atoms with E-state index in [0.29, 0.717) is 0 Å². The molecule has 2 aromatic carbocycles. The molecule has 1 aliphatic rings. The van der Waals surface area contributed by atoms with Gasteiger partial charge in [-0.3, -0.25) is 0 Å². The van der Waals surface area contributed by atoms with Crippen LogP contribution >= 0.6 is 0 Å². The van der Waals surface area contributed by atoms with Gasteiger partial charge in [0.15, 0.2) is 0 Å². The van der Waals surface area contributed by atoms with Gasteiger partial charge in [-0.05, 0) is 0 Å². The Morgan fingerprint density at radius 1 is 0.706 bits per heavy atom. The molecule has 0 saturated heterocycles. The summed E-state index contributed by atoms with van der Waals surface area (Å²) in [7, 11) is 0. The molecule has 0 atom stereocenters. The summed E-state index contributed by atoms with van der Waals surface area (Å²) in [6.45, 7) is 0. The summed E-state index contributed by atoms with van der Waals surface area (Å²) < 4.78 is 5.60. The van der Waals surface area contributed by atoms with Gasteiger partial charge in [0, 0.05) is 0 Å². The van der Waals surface area contributed by atoms with Crippen LogP contribution in [0.25, 0.3) is 6.08 Å². The summed E-state index contributed by atoms with van der Waals surface area (Å²) in [5, 5.41) is 0. The van der Waals surface area contributed by atoms with Crippen molar-refractivity contribution in [1.82, 2.24) is 0 Å². The second kappa shape index (κ2) is 4.98. The molecule has 0 aliphatic carbocycles. The average molecular weight is 414 g/mol. The standard InChI is InChI=1S/C10H8.C6H5.Bi/c1-2-3-7-10-8-5-4-6-9-10;1-2-4-6-5-3-1;/h1-8H;1-5H;. The average Bonchev–Trinajstić information content (AvgIpc) is 2.62. The maximum absolute atomic E-state index is 2.47. The summed E-state index contributed by atoms with van der Waals surface area (Å²) >= 11 is -1.89. The van der Waals surface area contributed by atoms with E-state index in [9.17, 15) is 0 Å². The predicted octanol–water partition coefficient (Wildman–Crippen LogP) is 2.42. The first-order valence-electron chi connectivity index (χ1n) is 5.73. The van der Waals surface area contributed by atoms with Crippen LogP contribution in [-0.4, -0.2) is 21.8 Å². The van der Waals surface area contributed by atoms with Crippen LogP contribution in [0.1, 0.15) is 5.56 Å². The molecule has 0 N–H and O–H groups in total. The van der Waals surface area contributed by atoms with Gasteiger partial charge in [-0.1, -0.05) is 0 Å². The molecule has 0 saturated carbocycles. The summed E-state index contributed by atoms with van der Waals surface area (Å²) in [6.07, 6.45) is 6.62. The molecule has 0 spiro atoms. The normalized spacial score (nSPS) is 14.4. The Labute approximate surface area is 110 Å². The Morgan fingerprint density at radius 2 is 1.47 bits per heavy atom. The number of hydrogen-bond acceptors (Lipinski definition) is 0. The molecule has 1 heterocycles. The molecule has 82 valence electrons. The van der Waals surface area contributed by atoms with Crippen molar-refractivity contribution in [2.45, 2.75) is 0 Å². The van der Waals surface area contributed by atoms with Crippen molar-refractivity contribution in [3.63, 3.8) is 0 Å². The number of rotatable bonds is 1. The third-order valence-corrected chi connectivity index (χ3v) is 11.6. The first-order chi connectivity index (χ1) is 8.45. The zero-order chi connectivity index (χ0) is 11.5. The molecule has 0 aromatic heterocycles. The van der Waals surface area contributed by atoms with E-state index in [0.717, 1.165) is 0 Å². The molecule has 0 bridgehead atoms. The molecule has 0 amide bonds. The molecule has 0 radical (unpaired) electrons. The van der Waals surface area contributed by atoms with E-state index in [1.807, 2.05) is 0 Å². The zero-order valence-corrected chi connectivity index (χ0v) is 12.9. The Morgan fingerprint density at radius 3 is 2.35 bits per heavy atom. The monoisotopic (exact) mass is 414 g/mol. The molecular formula is C16H13Bi. The van der Waals surface area contributed by atoms with Crippen molar-refractivity contribution in [3.8, 4) is 0 Å². The van der Waals surface area contributed by atoms with E-state index < -0.39 is 21.8 Å². The zero-order valence-electron chi connectivity index (χ0n) is 9.45. The Hall–Kier alpha value is -1.20. The Kier molecular flexibility index (Phi) is 3.20. The van der Waals surface area contributed by atoms with Gasteiger partial charge in [0.1, 0.15) is 0 Å². The second-order valence-electron chi connectivity index (χ2n) is 3.97. The van der Waals surface area contributed by atoms with Crippen molar-refractivity contribution < 1.29 is 0 Å². The fourth-order valence-electron chi connectivity index (χ4n) is 2.04. The van der Waals surface area contributed by atoms with Crippen molar-refractivity contribution in [2.75, 3.05) is 0 Å². The molecule has 1 heteroatoms. The third kappa shape index (κ3) is 2.26. The Bertz CT molecular complexity index is 567. The minimum atomic E-state index is -1.89.